The summed E-state index contributed by atoms with van der Waals surface area (Å²) < 4.78 is 0. The molecule has 4 N–H and O–H groups in total. The molecule has 17 heavy (non-hydrogen) atoms. The minimum atomic E-state index is -1.35. The highest BCUT2D eigenvalue weighted by Crippen LogP contribution is 2.46. The van der Waals surface area contributed by atoms with Gasteiger partial charge in [-0.3, -0.25) is 0 Å². The molecular formula is C12H13B2NO2. The molecule has 3 rings (SSSR count). The van der Waals surface area contributed by atoms with Crippen molar-refractivity contribution >= 4 is 21.4 Å². The molecule has 2 atom stereocenters. The monoisotopic (exact) mass is 225 g/mol. The fourth-order valence-electron chi connectivity index (χ4n) is 3.00. The third kappa shape index (κ3) is 1.39. The number of benzene rings is 1. The summed E-state index contributed by atoms with van der Waals surface area (Å²) in [4.78, 5) is 0. The first-order valence-corrected chi connectivity index (χ1v) is 5.80. The van der Waals surface area contributed by atoms with Gasteiger partial charge in [-0.25, -0.2) is 0 Å². The van der Waals surface area contributed by atoms with Gasteiger partial charge in [-0.1, -0.05) is 6.07 Å². The van der Waals surface area contributed by atoms with E-state index in [1.807, 2.05) is 0 Å². The maximum atomic E-state index is 10.1. The first kappa shape index (κ1) is 11.2. The number of hydrogen-bond donors (Lipinski definition) is 3. The minimum Gasteiger partial charge on any atom is -0.398 e. The highest BCUT2D eigenvalue weighted by atomic mass is 16.3. The SMILES string of the molecule is [B]C1(O)CCc2c1cc1c(c2N)CCC1([B])O. The predicted molar refractivity (Wildman–Crippen MR) is 66.8 cm³/mol. The number of fused-ring (bicyclic) bond motifs is 2. The van der Waals surface area contributed by atoms with Gasteiger partial charge >= 0.3 is 0 Å². The Hall–Kier alpha value is -0.930. The van der Waals surface area contributed by atoms with E-state index in [9.17, 15) is 10.2 Å². The van der Waals surface area contributed by atoms with Crippen LogP contribution in [0, 0.1) is 0 Å². The lowest BCUT2D eigenvalue weighted by atomic mass is 9.72. The molecule has 2 unspecified atom stereocenters. The molecule has 84 valence electrons. The van der Waals surface area contributed by atoms with E-state index in [4.69, 9.17) is 21.4 Å². The summed E-state index contributed by atoms with van der Waals surface area (Å²) >= 11 is 0. The number of nitrogens with two attached hydrogens (primary N) is 1. The normalized spacial score (nSPS) is 34.7. The molecule has 0 heterocycles. The van der Waals surface area contributed by atoms with E-state index in [1.165, 1.54) is 0 Å². The molecule has 3 nitrogen and oxygen atoms in total. The molecule has 0 bridgehead atoms. The van der Waals surface area contributed by atoms with Crippen molar-refractivity contribution in [3.05, 3.63) is 28.3 Å². The smallest absolute Gasteiger partial charge is 0.120 e. The Labute approximate surface area is 103 Å². The van der Waals surface area contributed by atoms with Gasteiger partial charge < -0.3 is 15.9 Å². The van der Waals surface area contributed by atoms with Crippen LogP contribution in [0.1, 0.15) is 35.1 Å². The van der Waals surface area contributed by atoms with Crippen LogP contribution < -0.4 is 5.73 Å². The van der Waals surface area contributed by atoms with Crippen LogP contribution in [0.5, 0.6) is 0 Å². The van der Waals surface area contributed by atoms with Crippen LogP contribution in [0.3, 0.4) is 0 Å². The fourth-order valence-corrected chi connectivity index (χ4v) is 3.00. The molecule has 0 aromatic heterocycles. The Morgan fingerprint density at radius 3 is 1.82 bits per heavy atom. The van der Waals surface area contributed by atoms with E-state index >= 15 is 0 Å². The lowest BCUT2D eigenvalue weighted by Gasteiger charge is -2.24. The molecular weight excluding hydrogens is 212 g/mol. The average molecular weight is 225 g/mol. The largest absolute Gasteiger partial charge is 0.398 e. The van der Waals surface area contributed by atoms with Crippen LogP contribution in [-0.2, 0) is 23.8 Å². The molecule has 0 fully saturated rings. The van der Waals surface area contributed by atoms with E-state index < -0.39 is 11.0 Å². The number of nitrogen functional groups attached to an aromatic ring is 1. The van der Waals surface area contributed by atoms with Crippen LogP contribution >= 0.6 is 0 Å². The highest BCUT2D eigenvalue weighted by Gasteiger charge is 2.39. The first-order chi connectivity index (χ1) is 7.83. The van der Waals surface area contributed by atoms with Crippen molar-refractivity contribution in [3.63, 3.8) is 0 Å². The van der Waals surface area contributed by atoms with Crippen LogP contribution in [0.4, 0.5) is 5.69 Å². The Balaban J connectivity index is 2.28. The van der Waals surface area contributed by atoms with Gasteiger partial charge in [0.25, 0.3) is 0 Å². The lowest BCUT2D eigenvalue weighted by molar-refractivity contribution is 0.124. The second-order valence-electron chi connectivity index (χ2n) is 5.19. The van der Waals surface area contributed by atoms with Gasteiger partial charge in [0.1, 0.15) is 15.7 Å². The molecule has 2 aliphatic rings. The molecule has 0 saturated carbocycles. The van der Waals surface area contributed by atoms with Crippen LogP contribution in [0.25, 0.3) is 0 Å². The topological polar surface area (TPSA) is 66.5 Å². The number of aliphatic hydroxyl groups is 2. The zero-order valence-electron chi connectivity index (χ0n) is 9.53. The summed E-state index contributed by atoms with van der Waals surface area (Å²) in [7, 11) is 11.6. The van der Waals surface area contributed by atoms with Crippen molar-refractivity contribution in [2.75, 3.05) is 5.73 Å². The van der Waals surface area contributed by atoms with Crippen molar-refractivity contribution in [1.82, 2.24) is 0 Å². The maximum absolute atomic E-state index is 10.1. The summed E-state index contributed by atoms with van der Waals surface area (Å²) in [5.74, 6) is 0. The molecule has 0 spiro atoms. The average Bonchev–Trinajstić information content (AvgIpc) is 2.68. The number of hydrogen-bond acceptors (Lipinski definition) is 3. The van der Waals surface area contributed by atoms with Gasteiger partial charge in [0.2, 0.25) is 0 Å². The van der Waals surface area contributed by atoms with Crippen LogP contribution in [0.15, 0.2) is 6.07 Å². The molecule has 1 aromatic rings. The second kappa shape index (κ2) is 3.09. The third-order valence-electron chi connectivity index (χ3n) is 4.03. The van der Waals surface area contributed by atoms with E-state index in [-0.39, 0.29) is 0 Å². The first-order valence-electron chi connectivity index (χ1n) is 5.80. The van der Waals surface area contributed by atoms with Gasteiger partial charge in [-0.2, -0.15) is 0 Å². The Bertz CT molecular complexity index is 469. The van der Waals surface area contributed by atoms with Crippen LogP contribution in [-0.4, -0.2) is 25.9 Å². The van der Waals surface area contributed by atoms with Gasteiger partial charge in [-0.15, -0.1) is 0 Å². The van der Waals surface area contributed by atoms with Gasteiger partial charge in [0, 0.05) is 16.7 Å². The van der Waals surface area contributed by atoms with Crippen molar-refractivity contribution in [2.24, 2.45) is 0 Å². The molecule has 0 saturated heterocycles. The van der Waals surface area contributed by atoms with Crippen molar-refractivity contribution < 1.29 is 10.2 Å². The Morgan fingerprint density at radius 1 is 1.00 bits per heavy atom. The summed E-state index contributed by atoms with van der Waals surface area (Å²) in [6.45, 7) is 0. The third-order valence-corrected chi connectivity index (χ3v) is 4.03. The number of anilines is 1. The summed E-state index contributed by atoms with van der Waals surface area (Å²) in [6, 6.07) is 1.72. The summed E-state index contributed by atoms with van der Waals surface area (Å²) in [6.07, 6.45) is 2.26. The van der Waals surface area contributed by atoms with Gasteiger partial charge in [0.15, 0.2) is 0 Å². The van der Waals surface area contributed by atoms with Gasteiger partial charge in [-0.05, 0) is 47.9 Å². The van der Waals surface area contributed by atoms with Crippen molar-refractivity contribution in [2.45, 2.75) is 36.7 Å². The maximum Gasteiger partial charge on any atom is 0.120 e. The lowest BCUT2D eigenvalue weighted by Crippen LogP contribution is -2.25. The van der Waals surface area contributed by atoms with Crippen molar-refractivity contribution in [1.29, 1.82) is 0 Å². The molecule has 5 heteroatoms. The van der Waals surface area contributed by atoms with Crippen molar-refractivity contribution in [3.8, 4) is 0 Å². The quantitative estimate of drug-likeness (QED) is 0.422. The fraction of sp³-hybridized carbons (Fsp3) is 0.500. The Kier molecular flexibility index (Phi) is 2.03. The van der Waals surface area contributed by atoms with Gasteiger partial charge in [0.05, 0.1) is 0 Å². The summed E-state index contributed by atoms with van der Waals surface area (Å²) in [5, 5.41) is 20.1. The Morgan fingerprint density at radius 2 is 1.41 bits per heavy atom. The second-order valence-corrected chi connectivity index (χ2v) is 5.19. The highest BCUT2D eigenvalue weighted by molar-refractivity contribution is 6.16. The molecule has 0 aliphatic heterocycles. The predicted octanol–water partition coefficient (Wildman–Crippen LogP) is -0.212. The molecule has 2 aliphatic carbocycles. The van der Waals surface area contributed by atoms with E-state index in [0.717, 1.165) is 11.1 Å². The summed E-state index contributed by atoms with van der Waals surface area (Å²) in [5.41, 5.74) is 7.07. The minimum absolute atomic E-state index is 0.457. The molecule has 4 radical (unpaired) electrons. The van der Waals surface area contributed by atoms with Crippen LogP contribution in [0.2, 0.25) is 0 Å². The zero-order valence-corrected chi connectivity index (χ0v) is 9.53. The number of rotatable bonds is 0. The van der Waals surface area contributed by atoms with E-state index in [0.29, 0.717) is 42.5 Å². The van der Waals surface area contributed by atoms with E-state index in [1.54, 1.807) is 6.07 Å². The molecule has 0 amide bonds. The standard InChI is InChI=1S/C12H13B2NO2/c13-11(16)3-1-6-8(11)5-9-7(10(6)15)2-4-12(9,14)17/h5,16-17H,1-4,15H2. The van der Waals surface area contributed by atoms with E-state index in [2.05, 4.69) is 0 Å². The molecule has 1 aromatic carbocycles. The zero-order chi connectivity index (χ0) is 12.4.